The van der Waals surface area contributed by atoms with Crippen molar-refractivity contribution in [1.82, 2.24) is 30.0 Å². The van der Waals surface area contributed by atoms with Crippen LogP contribution in [0.25, 0.3) is 0 Å². The van der Waals surface area contributed by atoms with Crippen LogP contribution < -0.4 is 16.4 Å². The van der Waals surface area contributed by atoms with Crippen molar-refractivity contribution < 1.29 is 9.59 Å². The Morgan fingerprint density at radius 3 is 1.45 bits per heavy atom. The second-order valence-corrected chi connectivity index (χ2v) is 23.4. The molecule has 2 saturated heterocycles. The number of amides is 2. The van der Waals surface area contributed by atoms with Gasteiger partial charge in [0.25, 0.3) is 22.9 Å². The molecule has 4 aliphatic rings. The molecule has 2 amide bonds. The maximum absolute atomic E-state index is 13.8. The van der Waals surface area contributed by atoms with Crippen LogP contribution in [0.1, 0.15) is 170 Å². The third kappa shape index (κ3) is 11.1. The predicted molar refractivity (Wildman–Crippen MR) is 268 cm³/mol. The first kappa shape index (κ1) is 49.1. The Balaban J connectivity index is 0.000000196. The summed E-state index contributed by atoms with van der Waals surface area (Å²) in [6.07, 6.45) is 8.67. The number of hydrogen-bond acceptors (Lipinski definition) is 8. The van der Waals surface area contributed by atoms with Crippen molar-refractivity contribution in [3.8, 4) is 0 Å². The van der Waals surface area contributed by atoms with E-state index in [0.29, 0.717) is 66.4 Å². The lowest BCUT2D eigenvalue weighted by atomic mass is 9.82. The predicted octanol–water partition coefficient (Wildman–Crippen LogP) is 9.87. The second-order valence-electron chi connectivity index (χ2n) is 21.2. The molecule has 0 radical (unpaired) electrons. The number of aryl methyl sites for hydroxylation is 6. The molecule has 4 aromatic rings. The van der Waals surface area contributed by atoms with Crippen LogP contribution in [0, 0.1) is 58.8 Å². The molecular formula is C53H76N6O4S2. The number of carbonyl (C=O) groups is 2. The van der Waals surface area contributed by atoms with Gasteiger partial charge in [0.1, 0.15) is 0 Å². The van der Waals surface area contributed by atoms with E-state index in [1.807, 2.05) is 72.3 Å². The number of likely N-dealkylation sites (tertiary alicyclic amines) is 1. The van der Waals surface area contributed by atoms with E-state index < -0.39 is 0 Å². The average molecular weight is 925 g/mol. The molecule has 4 aromatic heterocycles. The molecule has 3 N–H and O–H groups in total. The average Bonchev–Trinajstić information content (AvgIpc) is 3.63. The standard InChI is InChI=1S/C29H43N3O2S.C24H33N3O2S/c1-18-15-19(2)30-27(33)23(18)16-32-12-8-9-24-25(28(32)34)21(4)26(35-24)20(3)22-10-13-31(14-11-22)17-29(5,6)7;1-14-12-15(2)26-23(28)19(14)13-27-11-5-6-20-21(24(27)29)17(4)22(30-20)16(3)18-7-9-25-10-8-18/h15,20,22H,8-14,16-17H2,1-7H3,(H,30,33);12,16,18,25H,5-11,13H2,1-4H3,(H,26,28)/t20-;16-/m11/s1. The topological polar surface area (TPSA) is 122 Å². The van der Waals surface area contributed by atoms with Crippen molar-refractivity contribution >= 4 is 34.5 Å². The maximum atomic E-state index is 13.8. The summed E-state index contributed by atoms with van der Waals surface area (Å²) in [4.78, 5) is 69.9. The molecule has 8 rings (SSSR count). The highest BCUT2D eigenvalue weighted by molar-refractivity contribution is 7.13. The van der Waals surface area contributed by atoms with Gasteiger partial charge in [0.15, 0.2) is 0 Å². The molecule has 2 atom stereocenters. The summed E-state index contributed by atoms with van der Waals surface area (Å²) in [5.41, 5.74) is 9.41. The Kier molecular flexibility index (Phi) is 15.5. The Labute approximate surface area is 396 Å². The van der Waals surface area contributed by atoms with E-state index in [1.54, 1.807) is 0 Å². The molecule has 0 bridgehead atoms. The van der Waals surface area contributed by atoms with Crippen LogP contribution in [0.4, 0.5) is 0 Å². The lowest BCUT2D eigenvalue weighted by Gasteiger charge is -2.38. The van der Waals surface area contributed by atoms with E-state index in [9.17, 15) is 19.2 Å². The smallest absolute Gasteiger partial charge is 0.255 e. The van der Waals surface area contributed by atoms with E-state index in [1.165, 1.54) is 69.4 Å². The third-order valence-electron chi connectivity index (χ3n) is 14.8. The zero-order valence-corrected chi connectivity index (χ0v) is 42.9. The van der Waals surface area contributed by atoms with Gasteiger partial charge in [-0.1, -0.05) is 34.6 Å². The number of pyridine rings is 2. The van der Waals surface area contributed by atoms with Crippen LogP contribution >= 0.6 is 22.7 Å². The quantitative estimate of drug-likeness (QED) is 0.154. The highest BCUT2D eigenvalue weighted by Gasteiger charge is 2.35. The van der Waals surface area contributed by atoms with Crippen LogP contribution in [0.15, 0.2) is 21.7 Å². The second kappa shape index (κ2) is 20.6. The SMILES string of the molecule is Cc1cc(C)c(CN2CCCc3sc([C@H](C)C4CCN(CC(C)(C)C)CC4)c(C)c3C2=O)c(=O)[nH]1.Cc1cc(C)c(CN2CCCc3sc([C@H](C)C4CCNCC4)c(C)c3C2=O)c(=O)[nH]1. The summed E-state index contributed by atoms with van der Waals surface area (Å²) in [6, 6.07) is 3.98. The number of rotatable bonds is 9. The fourth-order valence-corrected chi connectivity index (χ4v) is 14.2. The van der Waals surface area contributed by atoms with E-state index in [0.717, 1.165) is 79.0 Å². The Hall–Kier alpha value is -3.84. The number of H-pyrrole nitrogens is 2. The number of fused-ring (bicyclic) bond motifs is 2. The largest absolute Gasteiger partial charge is 0.334 e. The molecule has 8 heterocycles. The molecule has 0 aromatic carbocycles. The van der Waals surface area contributed by atoms with E-state index in [4.69, 9.17) is 0 Å². The first-order chi connectivity index (χ1) is 30.8. The number of hydrogen-bond donors (Lipinski definition) is 3. The molecule has 4 aliphatic heterocycles. The number of thiophene rings is 2. The minimum atomic E-state index is -0.0768. The number of nitrogens with zero attached hydrogens (tertiary/aromatic N) is 3. The molecule has 0 aliphatic carbocycles. The third-order valence-corrected chi connectivity index (χ3v) is 17.9. The number of nitrogens with one attached hydrogen (secondary N) is 3. The normalized spacial score (nSPS) is 19.0. The zero-order chi connectivity index (χ0) is 46.9. The van der Waals surface area contributed by atoms with Crippen molar-refractivity contribution in [3.63, 3.8) is 0 Å². The first-order valence-corrected chi connectivity index (χ1v) is 26.1. The number of piperidine rings is 2. The van der Waals surface area contributed by atoms with Gasteiger partial charge in [-0.15, -0.1) is 22.7 Å². The molecule has 354 valence electrons. The van der Waals surface area contributed by atoms with Crippen LogP contribution in [-0.4, -0.2) is 82.3 Å². The van der Waals surface area contributed by atoms with Gasteiger partial charge < -0.3 is 30.0 Å². The molecule has 0 saturated carbocycles. The van der Waals surface area contributed by atoms with Gasteiger partial charge in [-0.2, -0.15) is 0 Å². The van der Waals surface area contributed by atoms with E-state index in [-0.39, 0.29) is 22.9 Å². The first-order valence-electron chi connectivity index (χ1n) is 24.5. The van der Waals surface area contributed by atoms with Crippen LogP contribution in [-0.2, 0) is 25.9 Å². The van der Waals surface area contributed by atoms with E-state index in [2.05, 4.69) is 68.7 Å². The number of carbonyl (C=O) groups excluding carboxylic acids is 2. The monoisotopic (exact) mass is 925 g/mol. The highest BCUT2D eigenvalue weighted by atomic mass is 32.1. The van der Waals surface area contributed by atoms with Gasteiger partial charge in [-0.3, -0.25) is 19.2 Å². The van der Waals surface area contributed by atoms with Gasteiger partial charge in [0.2, 0.25) is 0 Å². The van der Waals surface area contributed by atoms with Gasteiger partial charge in [0.05, 0.1) is 24.2 Å². The summed E-state index contributed by atoms with van der Waals surface area (Å²) in [6.45, 7) is 31.5. The van der Waals surface area contributed by atoms with Gasteiger partial charge in [0, 0.05) is 61.7 Å². The minimum Gasteiger partial charge on any atom is -0.334 e. The summed E-state index contributed by atoms with van der Waals surface area (Å²) >= 11 is 3.74. The molecule has 0 unspecified atom stereocenters. The van der Waals surface area contributed by atoms with Crippen molar-refractivity contribution in [2.24, 2.45) is 17.3 Å². The summed E-state index contributed by atoms with van der Waals surface area (Å²) in [5.74, 6) is 2.53. The molecule has 12 heteroatoms. The Morgan fingerprint density at radius 2 is 1.05 bits per heavy atom. The van der Waals surface area contributed by atoms with E-state index >= 15 is 0 Å². The Morgan fingerprint density at radius 1 is 0.631 bits per heavy atom. The van der Waals surface area contributed by atoms with Crippen molar-refractivity contribution in [3.05, 3.63) is 108 Å². The lowest BCUT2D eigenvalue weighted by molar-refractivity contribution is 0.0740. The summed E-state index contributed by atoms with van der Waals surface area (Å²) in [7, 11) is 0. The fraction of sp³-hybridized carbons (Fsp3) is 0.623. The molecule has 10 nitrogen and oxygen atoms in total. The van der Waals surface area contributed by atoms with Crippen LogP contribution in [0.5, 0.6) is 0 Å². The van der Waals surface area contributed by atoms with Crippen molar-refractivity contribution in [2.45, 2.75) is 152 Å². The van der Waals surface area contributed by atoms with Crippen molar-refractivity contribution in [1.29, 1.82) is 0 Å². The van der Waals surface area contributed by atoms with Crippen molar-refractivity contribution in [2.75, 3.05) is 45.8 Å². The molecule has 65 heavy (non-hydrogen) atoms. The summed E-state index contributed by atoms with van der Waals surface area (Å²) in [5, 5.41) is 3.46. The van der Waals surface area contributed by atoms with Gasteiger partial charge in [-0.25, -0.2) is 0 Å². The Bertz CT molecular complexity index is 2470. The number of aromatic amines is 2. The van der Waals surface area contributed by atoms with Gasteiger partial charge >= 0.3 is 0 Å². The van der Waals surface area contributed by atoms with Gasteiger partial charge in [-0.05, 0) is 183 Å². The highest BCUT2D eigenvalue weighted by Crippen LogP contribution is 2.43. The molecule has 0 spiro atoms. The maximum Gasteiger partial charge on any atom is 0.255 e. The lowest BCUT2D eigenvalue weighted by Crippen LogP contribution is -2.40. The number of aromatic nitrogens is 2. The minimum absolute atomic E-state index is 0.0751. The zero-order valence-electron chi connectivity index (χ0n) is 41.3. The fourth-order valence-electron chi connectivity index (χ4n) is 11.2. The molecule has 2 fully saturated rings. The molecular weight excluding hydrogens is 849 g/mol. The van der Waals surface area contributed by atoms with Crippen LogP contribution in [0.3, 0.4) is 0 Å². The van der Waals surface area contributed by atoms with Crippen LogP contribution in [0.2, 0.25) is 0 Å². The summed E-state index contributed by atoms with van der Waals surface area (Å²) < 4.78 is 0.